The Kier molecular flexibility index (Phi) is 5.75. The fraction of sp³-hybridized carbons (Fsp3) is 0.333. The molecule has 0 unspecified atom stereocenters. The van der Waals surface area contributed by atoms with Gasteiger partial charge in [0.15, 0.2) is 0 Å². The van der Waals surface area contributed by atoms with Gasteiger partial charge in [-0.2, -0.15) is 0 Å². The summed E-state index contributed by atoms with van der Waals surface area (Å²) in [4.78, 5) is 2.48. The molecular weight excluding hydrogens is 362 g/mol. The van der Waals surface area contributed by atoms with E-state index in [0.29, 0.717) is 6.61 Å². The van der Waals surface area contributed by atoms with Gasteiger partial charge in [0, 0.05) is 19.6 Å². The number of hydrogen-bond acceptors (Lipinski definition) is 2. The largest absolute Gasteiger partial charge is 0.488 e. The van der Waals surface area contributed by atoms with Crippen molar-refractivity contribution >= 4 is 15.9 Å². The highest BCUT2D eigenvalue weighted by atomic mass is 79.9. The molecule has 0 amide bonds. The van der Waals surface area contributed by atoms with Gasteiger partial charge in [-0.1, -0.05) is 42.5 Å². The van der Waals surface area contributed by atoms with E-state index in [1.165, 1.54) is 22.3 Å². The Labute approximate surface area is 153 Å². The molecule has 0 bridgehead atoms. The molecule has 1 aliphatic rings. The van der Waals surface area contributed by atoms with Crippen molar-refractivity contribution in [3.63, 3.8) is 0 Å². The van der Waals surface area contributed by atoms with Crippen LogP contribution in [0.3, 0.4) is 0 Å². The zero-order valence-electron chi connectivity index (χ0n) is 14.4. The molecule has 2 aromatic carbocycles. The second kappa shape index (κ2) is 8.00. The Hall–Kier alpha value is -1.58. The summed E-state index contributed by atoms with van der Waals surface area (Å²) in [5.74, 6) is 0.936. The molecule has 0 spiro atoms. The van der Waals surface area contributed by atoms with Gasteiger partial charge in [-0.3, -0.25) is 4.90 Å². The molecule has 3 rings (SSSR count). The molecule has 0 fully saturated rings. The Morgan fingerprint density at radius 3 is 2.58 bits per heavy atom. The normalized spacial score (nSPS) is 15.2. The van der Waals surface area contributed by atoms with Gasteiger partial charge in [-0.15, -0.1) is 0 Å². The van der Waals surface area contributed by atoms with Crippen molar-refractivity contribution in [2.75, 3.05) is 19.7 Å². The second-order valence-electron chi connectivity index (χ2n) is 6.44. The maximum Gasteiger partial charge on any atom is 0.134 e. The van der Waals surface area contributed by atoms with Crippen molar-refractivity contribution < 1.29 is 4.74 Å². The SMILES string of the molecule is Cc1ccc(OCC2=CCN(Cc3ccccc3)CC2)c(Br)c1C. The van der Waals surface area contributed by atoms with Gasteiger partial charge < -0.3 is 4.74 Å². The predicted octanol–water partition coefficient (Wildman–Crippen LogP) is 5.28. The van der Waals surface area contributed by atoms with E-state index in [4.69, 9.17) is 4.74 Å². The lowest BCUT2D eigenvalue weighted by Crippen LogP contribution is -2.29. The fourth-order valence-corrected chi connectivity index (χ4v) is 3.47. The maximum absolute atomic E-state index is 6.03. The van der Waals surface area contributed by atoms with Crippen LogP contribution in [-0.2, 0) is 6.54 Å². The summed E-state index contributed by atoms with van der Waals surface area (Å²) in [6.45, 7) is 8.04. The number of ether oxygens (including phenoxy) is 1. The summed E-state index contributed by atoms with van der Waals surface area (Å²) < 4.78 is 7.11. The van der Waals surface area contributed by atoms with Gasteiger partial charge in [-0.05, 0) is 64.5 Å². The number of hydrogen-bond donors (Lipinski definition) is 0. The van der Waals surface area contributed by atoms with Gasteiger partial charge in [-0.25, -0.2) is 0 Å². The lowest BCUT2D eigenvalue weighted by molar-refractivity contribution is 0.270. The third-order valence-corrected chi connectivity index (χ3v) is 5.66. The third-order valence-electron chi connectivity index (χ3n) is 4.67. The molecule has 2 nitrogen and oxygen atoms in total. The van der Waals surface area contributed by atoms with Gasteiger partial charge in [0.2, 0.25) is 0 Å². The van der Waals surface area contributed by atoms with E-state index in [0.717, 1.165) is 36.3 Å². The Balaban J connectivity index is 1.54. The summed E-state index contributed by atoms with van der Waals surface area (Å²) in [7, 11) is 0. The molecule has 0 saturated heterocycles. The highest BCUT2D eigenvalue weighted by molar-refractivity contribution is 9.10. The van der Waals surface area contributed by atoms with E-state index in [1.807, 2.05) is 0 Å². The third kappa shape index (κ3) is 4.28. The van der Waals surface area contributed by atoms with Gasteiger partial charge in [0.05, 0.1) is 4.47 Å². The van der Waals surface area contributed by atoms with Crippen molar-refractivity contribution in [2.45, 2.75) is 26.8 Å². The monoisotopic (exact) mass is 385 g/mol. The Morgan fingerprint density at radius 1 is 1.08 bits per heavy atom. The molecule has 0 saturated carbocycles. The minimum Gasteiger partial charge on any atom is -0.488 e. The predicted molar refractivity (Wildman–Crippen MR) is 104 cm³/mol. The Bertz CT molecular complexity index is 724. The summed E-state index contributed by atoms with van der Waals surface area (Å²) in [5, 5.41) is 0. The molecule has 0 aromatic heterocycles. The molecule has 1 aliphatic heterocycles. The smallest absolute Gasteiger partial charge is 0.134 e. The van der Waals surface area contributed by atoms with E-state index in [1.54, 1.807) is 0 Å². The van der Waals surface area contributed by atoms with Crippen molar-refractivity contribution in [1.29, 1.82) is 0 Å². The van der Waals surface area contributed by atoms with Crippen LogP contribution in [-0.4, -0.2) is 24.6 Å². The summed E-state index contributed by atoms with van der Waals surface area (Å²) >= 11 is 3.65. The minimum atomic E-state index is 0.681. The topological polar surface area (TPSA) is 12.5 Å². The molecule has 3 heteroatoms. The van der Waals surface area contributed by atoms with E-state index in [2.05, 4.69) is 83.2 Å². The molecule has 126 valence electrons. The van der Waals surface area contributed by atoms with Crippen LogP contribution in [0.1, 0.15) is 23.1 Å². The highest BCUT2D eigenvalue weighted by Crippen LogP contribution is 2.31. The number of halogens is 1. The van der Waals surface area contributed by atoms with Crippen LogP contribution in [0, 0.1) is 13.8 Å². The van der Waals surface area contributed by atoms with Crippen molar-refractivity contribution in [3.05, 3.63) is 75.3 Å². The van der Waals surface area contributed by atoms with Crippen LogP contribution in [0.5, 0.6) is 5.75 Å². The molecule has 0 N–H and O–H groups in total. The molecule has 0 aliphatic carbocycles. The Morgan fingerprint density at radius 2 is 1.88 bits per heavy atom. The van der Waals surface area contributed by atoms with E-state index in [9.17, 15) is 0 Å². The number of aryl methyl sites for hydroxylation is 1. The van der Waals surface area contributed by atoms with E-state index < -0.39 is 0 Å². The van der Waals surface area contributed by atoms with Crippen LogP contribution in [0.4, 0.5) is 0 Å². The average molecular weight is 386 g/mol. The maximum atomic E-state index is 6.03. The molecule has 24 heavy (non-hydrogen) atoms. The van der Waals surface area contributed by atoms with Crippen LogP contribution < -0.4 is 4.74 Å². The summed E-state index contributed by atoms with van der Waals surface area (Å²) in [5.41, 5.74) is 5.30. The van der Waals surface area contributed by atoms with Crippen molar-refractivity contribution in [2.24, 2.45) is 0 Å². The lowest BCUT2D eigenvalue weighted by Gasteiger charge is -2.26. The van der Waals surface area contributed by atoms with Crippen LogP contribution in [0.25, 0.3) is 0 Å². The first kappa shape index (κ1) is 17.2. The fourth-order valence-electron chi connectivity index (χ4n) is 2.91. The molecule has 2 aromatic rings. The van der Waals surface area contributed by atoms with Crippen molar-refractivity contribution in [3.8, 4) is 5.75 Å². The first-order chi connectivity index (χ1) is 11.6. The zero-order valence-corrected chi connectivity index (χ0v) is 16.0. The number of nitrogens with zero attached hydrogens (tertiary/aromatic N) is 1. The van der Waals surface area contributed by atoms with Gasteiger partial charge in [0.1, 0.15) is 12.4 Å². The van der Waals surface area contributed by atoms with E-state index >= 15 is 0 Å². The summed E-state index contributed by atoms with van der Waals surface area (Å²) in [6.07, 6.45) is 3.40. The lowest BCUT2D eigenvalue weighted by atomic mass is 10.1. The van der Waals surface area contributed by atoms with Crippen LogP contribution in [0.2, 0.25) is 0 Å². The zero-order chi connectivity index (χ0) is 16.9. The summed E-state index contributed by atoms with van der Waals surface area (Å²) in [6, 6.07) is 14.8. The number of benzene rings is 2. The molecule has 1 heterocycles. The minimum absolute atomic E-state index is 0.681. The van der Waals surface area contributed by atoms with Crippen LogP contribution >= 0.6 is 15.9 Å². The quantitative estimate of drug-likeness (QED) is 0.649. The average Bonchev–Trinajstić information content (AvgIpc) is 2.61. The first-order valence-electron chi connectivity index (χ1n) is 8.46. The van der Waals surface area contributed by atoms with Gasteiger partial charge in [0.25, 0.3) is 0 Å². The molecule has 0 radical (unpaired) electrons. The highest BCUT2D eigenvalue weighted by Gasteiger charge is 2.13. The second-order valence-corrected chi connectivity index (χ2v) is 7.23. The standard InChI is InChI=1S/C21H24BrNO/c1-16-8-9-20(21(22)17(16)2)24-15-19-10-12-23(13-11-19)14-18-6-4-3-5-7-18/h3-10H,11-15H2,1-2H3. The van der Waals surface area contributed by atoms with Gasteiger partial charge >= 0.3 is 0 Å². The molecule has 0 atom stereocenters. The first-order valence-corrected chi connectivity index (χ1v) is 9.25. The van der Waals surface area contributed by atoms with E-state index in [-0.39, 0.29) is 0 Å². The number of rotatable bonds is 5. The molecular formula is C21H24BrNO. The van der Waals surface area contributed by atoms with Crippen LogP contribution in [0.15, 0.2) is 58.6 Å². The van der Waals surface area contributed by atoms with Crippen molar-refractivity contribution in [1.82, 2.24) is 4.90 Å².